The van der Waals surface area contributed by atoms with E-state index in [1.807, 2.05) is 32.0 Å². The fraction of sp³-hybridized carbons (Fsp3) is 0.190. The predicted octanol–water partition coefficient (Wildman–Crippen LogP) is 5.14. The van der Waals surface area contributed by atoms with E-state index in [1.165, 1.54) is 5.56 Å². The molecule has 136 valence electrons. The van der Waals surface area contributed by atoms with Crippen LogP contribution in [0.5, 0.6) is 0 Å². The number of hydrogen-bond acceptors (Lipinski definition) is 5. The van der Waals surface area contributed by atoms with Crippen LogP contribution in [0.25, 0.3) is 17.1 Å². The van der Waals surface area contributed by atoms with E-state index >= 15 is 0 Å². The maximum Gasteiger partial charge on any atom is 0.196 e. The molecule has 2 aromatic heterocycles. The van der Waals surface area contributed by atoms with Crippen molar-refractivity contribution in [1.29, 1.82) is 0 Å². The van der Waals surface area contributed by atoms with Crippen molar-refractivity contribution in [3.8, 4) is 17.1 Å². The van der Waals surface area contributed by atoms with Gasteiger partial charge in [-0.15, -0.1) is 10.2 Å². The molecular weight excluding hydrogens is 356 g/mol. The fourth-order valence-electron chi connectivity index (χ4n) is 2.98. The van der Waals surface area contributed by atoms with Gasteiger partial charge in [-0.2, -0.15) is 0 Å². The molecule has 0 spiro atoms. The molecule has 0 aliphatic carbocycles. The highest BCUT2D eigenvalue weighted by atomic mass is 32.2. The fourth-order valence-corrected chi connectivity index (χ4v) is 4.09. The van der Waals surface area contributed by atoms with Crippen LogP contribution >= 0.6 is 11.8 Å². The van der Waals surface area contributed by atoms with Crippen LogP contribution in [0.4, 0.5) is 0 Å². The van der Waals surface area contributed by atoms with Gasteiger partial charge in [-0.05, 0) is 38.5 Å². The molecule has 2 aromatic carbocycles. The predicted molar refractivity (Wildman–Crippen MR) is 107 cm³/mol. The molecule has 0 bridgehead atoms. The number of rotatable bonds is 5. The average Bonchev–Trinajstić information content (AvgIpc) is 3.24. The summed E-state index contributed by atoms with van der Waals surface area (Å²) >= 11 is 1.64. The lowest BCUT2D eigenvalue weighted by atomic mass is 10.2. The van der Waals surface area contributed by atoms with Crippen LogP contribution in [0, 0.1) is 20.8 Å². The average molecular weight is 376 g/mol. The van der Waals surface area contributed by atoms with Gasteiger partial charge in [-0.3, -0.25) is 4.57 Å². The Morgan fingerprint density at radius 2 is 1.78 bits per heavy atom. The first-order valence-corrected chi connectivity index (χ1v) is 9.74. The number of benzene rings is 2. The molecule has 6 heteroatoms. The van der Waals surface area contributed by atoms with E-state index in [0.29, 0.717) is 0 Å². The molecule has 4 rings (SSSR count). The lowest BCUT2D eigenvalue weighted by Gasteiger charge is -2.11. The molecule has 27 heavy (non-hydrogen) atoms. The highest BCUT2D eigenvalue weighted by Gasteiger charge is 2.18. The largest absolute Gasteiger partial charge is 0.361 e. The topological polar surface area (TPSA) is 56.7 Å². The zero-order valence-electron chi connectivity index (χ0n) is 15.5. The van der Waals surface area contributed by atoms with Gasteiger partial charge in [-0.25, -0.2) is 0 Å². The van der Waals surface area contributed by atoms with Crippen LogP contribution in [-0.2, 0) is 5.75 Å². The van der Waals surface area contributed by atoms with Crippen molar-refractivity contribution in [2.45, 2.75) is 31.7 Å². The minimum Gasteiger partial charge on any atom is -0.361 e. The first-order chi connectivity index (χ1) is 13.1. The first-order valence-electron chi connectivity index (χ1n) is 8.76. The first kappa shape index (κ1) is 17.5. The van der Waals surface area contributed by atoms with Crippen LogP contribution < -0.4 is 0 Å². The highest BCUT2D eigenvalue weighted by Crippen LogP contribution is 2.31. The second-order valence-corrected chi connectivity index (χ2v) is 7.38. The van der Waals surface area contributed by atoms with Crippen LogP contribution in [0.3, 0.4) is 0 Å². The Hall–Kier alpha value is -2.86. The van der Waals surface area contributed by atoms with Gasteiger partial charge >= 0.3 is 0 Å². The molecule has 4 aromatic rings. The maximum atomic E-state index is 5.28. The minimum atomic E-state index is 0.736. The molecule has 5 nitrogen and oxygen atoms in total. The third-order valence-electron chi connectivity index (χ3n) is 4.45. The van der Waals surface area contributed by atoms with Crippen LogP contribution in [0.2, 0.25) is 0 Å². The number of nitrogens with zero attached hydrogens (tertiary/aromatic N) is 4. The summed E-state index contributed by atoms with van der Waals surface area (Å²) < 4.78 is 7.40. The van der Waals surface area contributed by atoms with E-state index in [0.717, 1.165) is 45.0 Å². The van der Waals surface area contributed by atoms with Crippen molar-refractivity contribution in [2.75, 3.05) is 0 Å². The van der Waals surface area contributed by atoms with E-state index in [1.54, 1.807) is 11.8 Å². The van der Waals surface area contributed by atoms with E-state index in [4.69, 9.17) is 4.52 Å². The molecule has 0 aliphatic rings. The van der Waals surface area contributed by atoms with Gasteiger partial charge in [-0.1, -0.05) is 59.4 Å². The molecule has 2 heterocycles. The molecule has 0 radical (unpaired) electrons. The molecule has 0 unspecified atom stereocenters. The molecule has 0 amide bonds. The summed E-state index contributed by atoms with van der Waals surface area (Å²) in [6.07, 6.45) is 0. The molecule has 0 saturated carbocycles. The summed E-state index contributed by atoms with van der Waals surface area (Å²) in [7, 11) is 0. The minimum absolute atomic E-state index is 0.736. The lowest BCUT2D eigenvalue weighted by molar-refractivity contribution is 0.392. The van der Waals surface area contributed by atoms with Crippen LogP contribution in [-0.4, -0.2) is 19.9 Å². The van der Waals surface area contributed by atoms with Gasteiger partial charge in [0.25, 0.3) is 0 Å². The SMILES string of the molecule is Cc1cccc(-n2c(SCc3c(C)noc3C)nnc2-c2ccccc2)c1. The van der Waals surface area contributed by atoms with E-state index in [2.05, 4.69) is 63.2 Å². The van der Waals surface area contributed by atoms with E-state index in [-0.39, 0.29) is 0 Å². The summed E-state index contributed by atoms with van der Waals surface area (Å²) in [5.41, 5.74) is 5.32. The number of aryl methyl sites for hydroxylation is 3. The normalized spacial score (nSPS) is 11.1. The highest BCUT2D eigenvalue weighted by molar-refractivity contribution is 7.98. The number of aromatic nitrogens is 4. The smallest absolute Gasteiger partial charge is 0.196 e. The maximum absolute atomic E-state index is 5.28. The molecular formula is C21H20N4OS. The van der Waals surface area contributed by atoms with Crippen molar-refractivity contribution in [3.05, 3.63) is 77.2 Å². The van der Waals surface area contributed by atoms with Gasteiger partial charge in [0.15, 0.2) is 11.0 Å². The zero-order chi connectivity index (χ0) is 18.8. The van der Waals surface area contributed by atoms with Gasteiger partial charge in [0.05, 0.1) is 5.69 Å². The van der Waals surface area contributed by atoms with Crippen molar-refractivity contribution < 1.29 is 4.52 Å². The Morgan fingerprint density at radius 3 is 2.48 bits per heavy atom. The number of hydrogen-bond donors (Lipinski definition) is 0. The summed E-state index contributed by atoms with van der Waals surface area (Å²) in [5, 5.41) is 13.9. The number of thioether (sulfide) groups is 1. The van der Waals surface area contributed by atoms with Crippen LogP contribution in [0.15, 0.2) is 64.3 Å². The Morgan fingerprint density at radius 1 is 0.963 bits per heavy atom. The summed E-state index contributed by atoms with van der Waals surface area (Å²) in [6.45, 7) is 6.00. The zero-order valence-corrected chi connectivity index (χ0v) is 16.3. The van der Waals surface area contributed by atoms with Crippen LogP contribution in [0.1, 0.15) is 22.6 Å². The molecule has 0 saturated heterocycles. The van der Waals surface area contributed by atoms with Crippen molar-refractivity contribution in [1.82, 2.24) is 19.9 Å². The quantitative estimate of drug-likeness (QED) is 0.451. The lowest BCUT2D eigenvalue weighted by Crippen LogP contribution is -2.00. The van der Waals surface area contributed by atoms with Gasteiger partial charge < -0.3 is 4.52 Å². The van der Waals surface area contributed by atoms with E-state index < -0.39 is 0 Å². The Balaban J connectivity index is 1.76. The third-order valence-corrected chi connectivity index (χ3v) is 5.41. The second kappa shape index (κ2) is 7.40. The third kappa shape index (κ3) is 3.53. The van der Waals surface area contributed by atoms with Crippen molar-refractivity contribution in [3.63, 3.8) is 0 Å². The second-order valence-electron chi connectivity index (χ2n) is 6.44. The van der Waals surface area contributed by atoms with Gasteiger partial charge in [0.2, 0.25) is 0 Å². The Bertz CT molecular complexity index is 1050. The van der Waals surface area contributed by atoms with Crippen molar-refractivity contribution >= 4 is 11.8 Å². The molecule has 0 N–H and O–H groups in total. The molecule has 0 fully saturated rings. The summed E-state index contributed by atoms with van der Waals surface area (Å²) in [6, 6.07) is 18.5. The van der Waals surface area contributed by atoms with Crippen molar-refractivity contribution in [2.24, 2.45) is 0 Å². The monoisotopic (exact) mass is 376 g/mol. The Labute approximate surface area is 162 Å². The van der Waals surface area contributed by atoms with E-state index in [9.17, 15) is 0 Å². The standard InChI is InChI=1S/C21H20N4OS/c1-14-8-7-11-18(12-14)25-20(17-9-5-4-6-10-17)22-23-21(25)27-13-19-15(2)24-26-16(19)3/h4-12H,13H2,1-3H3. The van der Waals surface area contributed by atoms with Gasteiger partial charge in [0.1, 0.15) is 5.76 Å². The summed E-state index contributed by atoms with van der Waals surface area (Å²) in [5.74, 6) is 2.42. The Kier molecular flexibility index (Phi) is 4.81. The molecule has 0 atom stereocenters. The summed E-state index contributed by atoms with van der Waals surface area (Å²) in [4.78, 5) is 0. The molecule has 0 aliphatic heterocycles. The van der Waals surface area contributed by atoms with Gasteiger partial charge in [0, 0.05) is 22.6 Å².